The lowest BCUT2D eigenvalue weighted by Crippen LogP contribution is -2.54. The second kappa shape index (κ2) is 12.2. The maximum absolute atomic E-state index is 13.4. The highest BCUT2D eigenvalue weighted by atomic mass is 19.1. The number of carbonyl (C=O) groups excluding carboxylic acids is 2. The monoisotopic (exact) mass is 509 g/mol. The number of nitrogens with two attached hydrogens (primary N) is 1. The predicted molar refractivity (Wildman–Crippen MR) is 134 cm³/mol. The summed E-state index contributed by atoms with van der Waals surface area (Å²) < 4.78 is 30.6. The lowest BCUT2D eigenvalue weighted by atomic mass is 10.1. The highest BCUT2D eigenvalue weighted by Gasteiger charge is 2.53. The quantitative estimate of drug-likeness (QED) is 0.523. The summed E-state index contributed by atoms with van der Waals surface area (Å²) in [5.74, 6) is 1.76. The van der Waals surface area contributed by atoms with Crippen molar-refractivity contribution in [2.24, 2.45) is 5.73 Å². The molecule has 2 amide bonds. The molecule has 2 aromatic carbocycles. The summed E-state index contributed by atoms with van der Waals surface area (Å²) in [7, 11) is 0. The zero-order valence-corrected chi connectivity index (χ0v) is 20.8. The van der Waals surface area contributed by atoms with Crippen LogP contribution in [0.4, 0.5) is 9.18 Å². The second-order valence-corrected chi connectivity index (χ2v) is 9.29. The van der Waals surface area contributed by atoms with Crippen molar-refractivity contribution in [2.75, 3.05) is 19.7 Å². The van der Waals surface area contributed by atoms with Crippen LogP contribution in [0.1, 0.15) is 24.5 Å². The molecule has 0 bridgehead atoms. The van der Waals surface area contributed by atoms with Gasteiger partial charge in [-0.05, 0) is 36.6 Å². The smallest absolute Gasteiger partial charge is 0.410 e. The summed E-state index contributed by atoms with van der Waals surface area (Å²) in [6.07, 6.45) is 4.32. The molecule has 0 spiro atoms. The molecule has 2 fully saturated rings. The largest absolute Gasteiger partial charge is 0.445 e. The van der Waals surface area contributed by atoms with Crippen molar-refractivity contribution in [3.05, 3.63) is 71.5 Å². The molecule has 9 heteroatoms. The number of halogens is 1. The minimum absolute atomic E-state index is 0.0542. The second-order valence-electron chi connectivity index (χ2n) is 9.29. The maximum atomic E-state index is 13.4. The van der Waals surface area contributed by atoms with Gasteiger partial charge in [-0.3, -0.25) is 4.79 Å². The van der Waals surface area contributed by atoms with Gasteiger partial charge in [0.1, 0.15) is 25.1 Å². The fourth-order valence-corrected chi connectivity index (χ4v) is 4.90. The van der Waals surface area contributed by atoms with Crippen LogP contribution in [0.5, 0.6) is 0 Å². The zero-order valence-electron chi connectivity index (χ0n) is 20.8. The van der Waals surface area contributed by atoms with Gasteiger partial charge in [-0.2, -0.15) is 0 Å². The number of terminal acetylenes is 1. The Morgan fingerprint density at radius 1 is 1.11 bits per heavy atom. The van der Waals surface area contributed by atoms with Crippen LogP contribution in [-0.2, 0) is 32.2 Å². The van der Waals surface area contributed by atoms with Crippen LogP contribution < -0.4 is 5.73 Å². The van der Waals surface area contributed by atoms with Crippen molar-refractivity contribution in [2.45, 2.75) is 56.9 Å². The van der Waals surface area contributed by atoms with Crippen molar-refractivity contribution in [1.29, 1.82) is 0 Å². The summed E-state index contributed by atoms with van der Waals surface area (Å²) in [5, 5.41) is 0. The van der Waals surface area contributed by atoms with Gasteiger partial charge in [0.15, 0.2) is 0 Å². The van der Waals surface area contributed by atoms with Gasteiger partial charge in [0, 0.05) is 6.54 Å². The Morgan fingerprint density at radius 3 is 2.51 bits per heavy atom. The van der Waals surface area contributed by atoms with E-state index in [1.165, 1.54) is 12.1 Å². The summed E-state index contributed by atoms with van der Waals surface area (Å²) in [6, 6.07) is 13.9. The maximum Gasteiger partial charge on any atom is 0.410 e. The van der Waals surface area contributed by atoms with Gasteiger partial charge in [0.2, 0.25) is 5.91 Å². The SMILES string of the molecule is C#CCO[C@H](C)[C@H](N)C(=O)N1CC[C@@H]2[C@H]1[C@@H](OCc1ccc(F)cc1)CN2C(=O)OCc1ccccc1. The summed E-state index contributed by atoms with van der Waals surface area (Å²) in [5.41, 5.74) is 7.89. The Hall–Kier alpha value is -3.45. The first-order valence-electron chi connectivity index (χ1n) is 12.3. The molecule has 0 saturated carbocycles. The van der Waals surface area contributed by atoms with Crippen molar-refractivity contribution in [1.82, 2.24) is 9.80 Å². The summed E-state index contributed by atoms with van der Waals surface area (Å²) >= 11 is 0. The molecule has 0 aromatic heterocycles. The fraction of sp³-hybridized carbons (Fsp3) is 0.429. The number of hydrogen-bond donors (Lipinski definition) is 1. The highest BCUT2D eigenvalue weighted by molar-refractivity contribution is 5.83. The number of fused-ring (bicyclic) bond motifs is 1. The Kier molecular flexibility index (Phi) is 8.77. The number of likely N-dealkylation sites (tertiary alicyclic amines) is 2. The van der Waals surface area contributed by atoms with Gasteiger partial charge in [0.25, 0.3) is 0 Å². The van der Waals surface area contributed by atoms with Crippen molar-refractivity contribution in [3.63, 3.8) is 0 Å². The number of benzene rings is 2. The first-order valence-corrected chi connectivity index (χ1v) is 12.3. The van der Waals surface area contributed by atoms with E-state index in [1.807, 2.05) is 30.3 Å². The molecule has 2 heterocycles. The topological polar surface area (TPSA) is 94.3 Å². The van der Waals surface area contributed by atoms with Crippen LogP contribution in [0.2, 0.25) is 0 Å². The number of amides is 2. The lowest BCUT2D eigenvalue weighted by Gasteiger charge is -2.31. The van der Waals surface area contributed by atoms with Crippen molar-refractivity contribution >= 4 is 12.0 Å². The Balaban J connectivity index is 1.48. The molecule has 0 radical (unpaired) electrons. The van der Waals surface area contributed by atoms with Crippen molar-refractivity contribution in [3.8, 4) is 12.3 Å². The van der Waals surface area contributed by atoms with E-state index in [0.717, 1.165) is 11.1 Å². The van der Waals surface area contributed by atoms with Crippen LogP contribution in [0, 0.1) is 18.2 Å². The van der Waals surface area contributed by atoms with Gasteiger partial charge >= 0.3 is 6.09 Å². The van der Waals surface area contributed by atoms with Crippen LogP contribution in [0.25, 0.3) is 0 Å². The predicted octanol–water partition coefficient (Wildman–Crippen LogP) is 2.70. The molecule has 2 aliphatic heterocycles. The molecule has 196 valence electrons. The first kappa shape index (κ1) is 26.6. The van der Waals surface area contributed by atoms with Gasteiger partial charge in [0.05, 0.1) is 37.4 Å². The van der Waals surface area contributed by atoms with Gasteiger partial charge in [-0.1, -0.05) is 48.4 Å². The van der Waals surface area contributed by atoms with Gasteiger partial charge in [-0.15, -0.1) is 6.42 Å². The van der Waals surface area contributed by atoms with E-state index < -0.39 is 30.4 Å². The van der Waals surface area contributed by atoms with E-state index in [9.17, 15) is 14.0 Å². The van der Waals surface area contributed by atoms with E-state index in [1.54, 1.807) is 28.9 Å². The summed E-state index contributed by atoms with van der Waals surface area (Å²) in [4.78, 5) is 29.8. The molecule has 2 aliphatic rings. The lowest BCUT2D eigenvalue weighted by molar-refractivity contribution is -0.139. The van der Waals surface area contributed by atoms with E-state index in [4.69, 9.17) is 26.4 Å². The van der Waals surface area contributed by atoms with Crippen LogP contribution >= 0.6 is 0 Å². The normalized spacial score (nSPS) is 22.3. The molecule has 4 rings (SSSR count). The molecule has 2 aromatic rings. The molecule has 2 saturated heterocycles. The fourth-order valence-electron chi connectivity index (χ4n) is 4.90. The van der Waals surface area contributed by atoms with Gasteiger partial charge < -0.3 is 29.7 Å². The van der Waals surface area contributed by atoms with Crippen LogP contribution in [-0.4, -0.2) is 71.8 Å². The van der Waals surface area contributed by atoms with E-state index >= 15 is 0 Å². The minimum Gasteiger partial charge on any atom is -0.445 e. The number of ether oxygens (including phenoxy) is 3. The van der Waals surface area contributed by atoms with Crippen molar-refractivity contribution < 1.29 is 28.2 Å². The molecule has 5 atom stereocenters. The standard InChI is InChI=1S/C28H32FN3O5/c1-3-15-35-19(2)25(30)27(33)31-14-13-23-26(31)24(36-17-21-9-11-22(29)12-10-21)16-32(23)28(34)37-18-20-7-5-4-6-8-20/h1,4-12,19,23-26H,13-18,30H2,2H3/t19-,23-,24+,25+,26+/m1/s1. The number of nitrogens with zero attached hydrogens (tertiary/aromatic N) is 2. The molecule has 8 nitrogen and oxygen atoms in total. The third kappa shape index (κ3) is 6.28. The average Bonchev–Trinajstić information content (AvgIpc) is 3.51. The molecule has 2 N–H and O–H groups in total. The molecular formula is C28H32FN3O5. The van der Waals surface area contributed by atoms with E-state index in [-0.39, 0.29) is 44.1 Å². The van der Waals surface area contributed by atoms with Crippen LogP contribution in [0.3, 0.4) is 0 Å². The third-order valence-electron chi connectivity index (χ3n) is 6.90. The molecule has 0 aliphatic carbocycles. The Labute approximate surface area is 216 Å². The Bertz CT molecular complexity index is 1110. The Morgan fingerprint density at radius 2 is 1.81 bits per heavy atom. The molecular weight excluding hydrogens is 477 g/mol. The minimum atomic E-state index is -0.913. The zero-order chi connectivity index (χ0) is 26.4. The van der Waals surface area contributed by atoms with E-state index in [2.05, 4.69) is 5.92 Å². The molecule has 37 heavy (non-hydrogen) atoms. The number of hydrogen-bond acceptors (Lipinski definition) is 6. The molecule has 0 unspecified atom stereocenters. The van der Waals surface area contributed by atoms with Crippen LogP contribution in [0.15, 0.2) is 54.6 Å². The third-order valence-corrected chi connectivity index (χ3v) is 6.90. The number of rotatable bonds is 9. The highest BCUT2D eigenvalue weighted by Crippen LogP contribution is 2.35. The van der Waals surface area contributed by atoms with Gasteiger partial charge in [-0.25, -0.2) is 9.18 Å². The average molecular weight is 510 g/mol. The first-order chi connectivity index (χ1) is 17.9. The number of carbonyl (C=O) groups is 2. The van der Waals surface area contributed by atoms with E-state index in [0.29, 0.717) is 13.0 Å². The summed E-state index contributed by atoms with van der Waals surface area (Å²) in [6.45, 7) is 2.79.